The third-order valence-corrected chi connectivity index (χ3v) is 4.74. The van der Waals surface area contributed by atoms with E-state index in [-0.39, 0.29) is 6.61 Å². The molecule has 144 valence electrons. The third kappa shape index (κ3) is 4.86. The quantitative estimate of drug-likeness (QED) is 0.274. The Morgan fingerprint density at radius 3 is 2.38 bits per heavy atom. The minimum atomic E-state index is -0.424. The highest BCUT2D eigenvalue weighted by Crippen LogP contribution is 2.23. The molecule has 0 unspecified atom stereocenters. The fraction of sp³-hybridized carbons (Fsp3) is 0.0435. The van der Waals surface area contributed by atoms with Crippen molar-refractivity contribution in [1.29, 1.82) is 0 Å². The van der Waals surface area contributed by atoms with Gasteiger partial charge in [0.25, 0.3) is 0 Å². The van der Waals surface area contributed by atoms with Gasteiger partial charge < -0.3 is 9.15 Å². The number of hydrogen-bond donors (Lipinski definition) is 0. The number of fused-ring (bicyclic) bond motifs is 1. The summed E-state index contributed by atoms with van der Waals surface area (Å²) in [5, 5.41) is 2.00. The van der Waals surface area contributed by atoms with Crippen LogP contribution in [0.3, 0.4) is 0 Å². The molecule has 1 aromatic heterocycles. The van der Waals surface area contributed by atoms with Crippen LogP contribution in [-0.2, 0) is 6.61 Å². The molecule has 0 fully saturated rings. The van der Waals surface area contributed by atoms with Crippen molar-refractivity contribution >= 4 is 46.1 Å². The highest BCUT2D eigenvalue weighted by molar-refractivity contribution is 6.31. The van der Waals surface area contributed by atoms with Crippen LogP contribution in [0.1, 0.15) is 11.1 Å². The summed E-state index contributed by atoms with van der Waals surface area (Å²) in [5.74, 6) is 0.678. The molecule has 0 saturated heterocycles. The van der Waals surface area contributed by atoms with Gasteiger partial charge in [-0.15, -0.1) is 0 Å². The van der Waals surface area contributed by atoms with Crippen LogP contribution in [0.5, 0.6) is 5.75 Å². The summed E-state index contributed by atoms with van der Waals surface area (Å²) >= 11 is 11.9. The lowest BCUT2D eigenvalue weighted by Crippen LogP contribution is -2.04. The van der Waals surface area contributed by atoms with Gasteiger partial charge in [-0.05, 0) is 72.3 Å². The number of rotatable bonds is 5. The van der Waals surface area contributed by atoms with Crippen LogP contribution in [0.15, 0.2) is 87.0 Å². The highest BCUT2D eigenvalue weighted by Gasteiger charge is 2.07. The van der Waals surface area contributed by atoms with E-state index in [1.165, 1.54) is 6.07 Å². The van der Waals surface area contributed by atoms with Crippen molar-refractivity contribution in [2.45, 2.75) is 6.61 Å². The van der Waals surface area contributed by atoms with E-state index in [1.807, 2.05) is 36.4 Å². The van der Waals surface area contributed by atoms with Crippen molar-refractivity contribution in [2.75, 3.05) is 0 Å². The van der Waals surface area contributed by atoms with Gasteiger partial charge >= 0.3 is 5.63 Å². The van der Waals surface area contributed by atoms with E-state index in [4.69, 9.17) is 32.4 Å². The van der Waals surface area contributed by atoms with Crippen LogP contribution in [0.25, 0.3) is 11.0 Å². The minimum Gasteiger partial charge on any atom is -0.489 e. The van der Waals surface area contributed by atoms with Crippen LogP contribution in [0.4, 0.5) is 5.69 Å². The molecule has 0 amide bonds. The van der Waals surface area contributed by atoms with Crippen molar-refractivity contribution in [1.82, 2.24) is 0 Å². The van der Waals surface area contributed by atoms with Crippen molar-refractivity contribution in [3.63, 3.8) is 0 Å². The molecule has 4 rings (SSSR count). The van der Waals surface area contributed by atoms with Crippen molar-refractivity contribution in [3.05, 3.63) is 104 Å². The average Bonchev–Trinajstić information content (AvgIpc) is 2.73. The maximum atomic E-state index is 11.8. The Bertz CT molecular complexity index is 1230. The molecule has 4 aromatic rings. The Morgan fingerprint density at radius 2 is 1.62 bits per heavy atom. The smallest absolute Gasteiger partial charge is 0.336 e. The van der Waals surface area contributed by atoms with Crippen LogP contribution >= 0.6 is 23.2 Å². The molecule has 0 bridgehead atoms. The van der Waals surface area contributed by atoms with Gasteiger partial charge in [0.05, 0.1) is 5.69 Å². The van der Waals surface area contributed by atoms with E-state index in [2.05, 4.69) is 4.99 Å². The number of halogens is 2. The number of hydrogen-bond acceptors (Lipinski definition) is 4. The van der Waals surface area contributed by atoms with Gasteiger partial charge in [-0.3, -0.25) is 4.99 Å². The molecule has 0 saturated carbocycles. The van der Waals surface area contributed by atoms with Gasteiger partial charge in [0, 0.05) is 33.3 Å². The van der Waals surface area contributed by atoms with Crippen LogP contribution < -0.4 is 10.4 Å². The third-order valence-electron chi connectivity index (χ3n) is 4.25. The zero-order chi connectivity index (χ0) is 20.2. The molecule has 3 aromatic carbocycles. The molecule has 29 heavy (non-hydrogen) atoms. The van der Waals surface area contributed by atoms with Crippen LogP contribution in [0.2, 0.25) is 10.0 Å². The standard InChI is InChI=1S/C23H15Cl2NO3/c24-17-3-6-19(7-4-17)26-13-15-1-8-20(9-2-15)28-14-16-11-23(27)29-22-10-5-18(25)12-21(16)22/h1-13H,14H2. The predicted octanol–water partition coefficient (Wildman–Crippen LogP) is 6.43. The Balaban J connectivity index is 1.47. The van der Waals surface area contributed by atoms with Crippen LogP contribution in [0, 0.1) is 0 Å². The maximum absolute atomic E-state index is 11.8. The second kappa shape index (κ2) is 8.52. The summed E-state index contributed by atoms with van der Waals surface area (Å²) < 4.78 is 11.0. The average molecular weight is 424 g/mol. The SMILES string of the molecule is O=c1cc(COc2ccc(C=Nc3ccc(Cl)cc3)cc2)c2cc(Cl)ccc2o1. The van der Waals surface area contributed by atoms with E-state index in [0.717, 1.165) is 16.6 Å². The molecule has 0 aliphatic carbocycles. The predicted molar refractivity (Wildman–Crippen MR) is 117 cm³/mol. The summed E-state index contributed by atoms with van der Waals surface area (Å²) in [7, 11) is 0. The Labute approximate surface area is 177 Å². The van der Waals surface area contributed by atoms with Crippen molar-refractivity contribution in [3.8, 4) is 5.75 Å². The maximum Gasteiger partial charge on any atom is 0.336 e. The molecule has 0 aliphatic rings. The van der Waals surface area contributed by atoms with Gasteiger partial charge in [0.2, 0.25) is 0 Å². The fourth-order valence-electron chi connectivity index (χ4n) is 2.81. The second-order valence-electron chi connectivity index (χ2n) is 6.32. The molecular formula is C23H15Cl2NO3. The van der Waals surface area contributed by atoms with Gasteiger partial charge in [-0.25, -0.2) is 4.79 Å². The Morgan fingerprint density at radius 1 is 0.897 bits per heavy atom. The molecule has 0 N–H and O–H groups in total. The zero-order valence-corrected chi connectivity index (χ0v) is 16.7. The van der Waals surface area contributed by atoms with E-state index in [0.29, 0.717) is 26.9 Å². The van der Waals surface area contributed by atoms with E-state index in [1.54, 1.807) is 36.5 Å². The first kappa shape index (κ1) is 19.2. The van der Waals surface area contributed by atoms with Gasteiger partial charge in [0.1, 0.15) is 17.9 Å². The molecule has 1 heterocycles. The second-order valence-corrected chi connectivity index (χ2v) is 7.20. The van der Waals surface area contributed by atoms with Gasteiger partial charge in [-0.1, -0.05) is 23.2 Å². The van der Waals surface area contributed by atoms with E-state index < -0.39 is 5.63 Å². The van der Waals surface area contributed by atoms with Crippen molar-refractivity contribution < 1.29 is 9.15 Å². The van der Waals surface area contributed by atoms with E-state index >= 15 is 0 Å². The Hall–Kier alpha value is -3.08. The fourth-order valence-corrected chi connectivity index (χ4v) is 3.10. The molecule has 0 radical (unpaired) electrons. The lowest BCUT2D eigenvalue weighted by Gasteiger charge is -2.09. The monoisotopic (exact) mass is 423 g/mol. The number of nitrogens with zero attached hydrogens (tertiary/aromatic N) is 1. The summed E-state index contributed by atoms with van der Waals surface area (Å²) in [6.07, 6.45) is 1.77. The van der Waals surface area contributed by atoms with Crippen LogP contribution in [-0.4, -0.2) is 6.21 Å². The largest absolute Gasteiger partial charge is 0.489 e. The zero-order valence-electron chi connectivity index (χ0n) is 15.1. The molecule has 6 heteroatoms. The van der Waals surface area contributed by atoms with Crippen molar-refractivity contribution in [2.24, 2.45) is 4.99 Å². The van der Waals surface area contributed by atoms with Gasteiger partial charge in [-0.2, -0.15) is 0 Å². The highest BCUT2D eigenvalue weighted by atomic mass is 35.5. The van der Waals surface area contributed by atoms with Gasteiger partial charge in [0.15, 0.2) is 0 Å². The molecular weight excluding hydrogens is 409 g/mol. The topological polar surface area (TPSA) is 51.8 Å². The molecule has 4 nitrogen and oxygen atoms in total. The number of aliphatic imine (C=N–C) groups is 1. The number of benzene rings is 3. The first-order valence-corrected chi connectivity index (χ1v) is 9.57. The first-order chi connectivity index (χ1) is 14.1. The lowest BCUT2D eigenvalue weighted by molar-refractivity contribution is 0.306. The summed E-state index contributed by atoms with van der Waals surface area (Å²) in [4.78, 5) is 16.2. The molecule has 0 aliphatic heterocycles. The molecule has 0 spiro atoms. The van der Waals surface area contributed by atoms with E-state index in [9.17, 15) is 4.79 Å². The normalized spacial score (nSPS) is 11.2. The summed E-state index contributed by atoms with van der Waals surface area (Å²) in [6, 6.07) is 21.4. The minimum absolute atomic E-state index is 0.223. The lowest BCUT2D eigenvalue weighted by atomic mass is 10.1. The summed E-state index contributed by atoms with van der Waals surface area (Å²) in [6.45, 7) is 0.223. The first-order valence-electron chi connectivity index (χ1n) is 8.82. The summed E-state index contributed by atoms with van der Waals surface area (Å²) in [5.41, 5.74) is 2.53. The Kier molecular flexibility index (Phi) is 5.65. The molecule has 0 atom stereocenters. The number of ether oxygens (including phenoxy) is 1.